The summed E-state index contributed by atoms with van der Waals surface area (Å²) in [6, 6.07) is 2.66. The van der Waals surface area contributed by atoms with Crippen LogP contribution in [0.3, 0.4) is 0 Å². The van der Waals surface area contributed by atoms with Crippen molar-refractivity contribution < 1.29 is 70.7 Å². The van der Waals surface area contributed by atoms with Crippen LogP contribution in [0.15, 0.2) is 61.0 Å². The van der Waals surface area contributed by atoms with E-state index in [0.29, 0.717) is 0 Å². The second kappa shape index (κ2) is 22.9. The van der Waals surface area contributed by atoms with Crippen molar-refractivity contribution >= 4 is 84.8 Å². The van der Waals surface area contributed by atoms with Crippen molar-refractivity contribution in [2.75, 3.05) is 43.6 Å². The van der Waals surface area contributed by atoms with Crippen LogP contribution in [0, 0.1) is 6.92 Å². The van der Waals surface area contributed by atoms with Gasteiger partial charge in [0.05, 0.1) is 57.2 Å². The number of hydrogen-bond acceptors (Lipinski definition) is 30. The van der Waals surface area contributed by atoms with E-state index in [-0.39, 0.29) is 60.0 Å². The van der Waals surface area contributed by atoms with Gasteiger partial charge in [0.2, 0.25) is 5.95 Å². The van der Waals surface area contributed by atoms with Gasteiger partial charge in [0.15, 0.2) is 18.0 Å². The number of aromatic amines is 2. The molecule has 4 aliphatic heterocycles. The van der Waals surface area contributed by atoms with Crippen molar-refractivity contribution in [3.63, 3.8) is 0 Å². The zero-order chi connectivity index (χ0) is 55.3. The zero-order valence-electron chi connectivity index (χ0n) is 39.7. The topological polar surface area (TPSA) is 462 Å². The summed E-state index contributed by atoms with van der Waals surface area (Å²) in [7, 11) is 0. The molecular formula is C38H47N13O20P3S3-3. The van der Waals surface area contributed by atoms with E-state index in [2.05, 4.69) is 29.9 Å². The Bertz CT molecular complexity index is 3480. The first-order valence-corrected chi connectivity index (χ1v) is 30.6. The van der Waals surface area contributed by atoms with E-state index in [9.17, 15) is 48.5 Å². The summed E-state index contributed by atoms with van der Waals surface area (Å²) in [4.78, 5) is 110. The fourth-order valence-corrected chi connectivity index (χ4v) is 13.1. The van der Waals surface area contributed by atoms with Gasteiger partial charge in [-0.05, 0) is 19.1 Å². The molecule has 0 aliphatic carbocycles. The minimum atomic E-state index is -4.73. The normalized spacial score (nSPS) is 29.9. The Morgan fingerprint density at radius 1 is 0.714 bits per heavy atom. The molecule has 39 heteroatoms. The molecule has 5 aromatic heterocycles. The summed E-state index contributed by atoms with van der Waals surface area (Å²) in [5.74, 6) is -0.401. The van der Waals surface area contributed by atoms with Gasteiger partial charge in [0.1, 0.15) is 74.4 Å². The fourth-order valence-electron chi connectivity index (χ4n) is 8.77. The molecule has 77 heavy (non-hydrogen) atoms. The number of aromatic nitrogens is 10. The SMILES string of the molecule is Cc1cn([C@H]2CC(OP([O-])(=S)OC[C@H]3O[C@@H](n4cnc5c(=O)[nH]c(N)nc54)CC3OP(=O)([S-])OC[C@H]3O[C@@H](n4ccc(N)nc4=O)CC3OP([O-])(=S)OC[C@H]3O[C@@H](n4ccc(N)nc4=O)CC3O)[C@@H](CO)O2)c(=O)[nH]c1=O. The molecule has 0 amide bonds. The van der Waals surface area contributed by atoms with E-state index in [1.807, 2.05) is 0 Å². The number of aliphatic hydroxyl groups is 2. The Kier molecular flexibility index (Phi) is 17.0. The van der Waals surface area contributed by atoms with E-state index in [1.165, 1.54) is 48.5 Å². The zero-order valence-corrected chi connectivity index (χ0v) is 44.8. The lowest BCUT2D eigenvalue weighted by molar-refractivity contribution is -0.216. The molecule has 7 unspecified atom stereocenters. The molecule has 420 valence electrons. The van der Waals surface area contributed by atoms with Crippen molar-refractivity contribution in [2.45, 2.75) is 106 Å². The molecule has 9 rings (SSSR count). The molecule has 4 fully saturated rings. The largest absolute Gasteiger partial charge is 0.780 e. The summed E-state index contributed by atoms with van der Waals surface area (Å²) in [6.07, 6.45) is -10.3. The molecule has 33 nitrogen and oxygen atoms in total. The number of hydrogen-bond donors (Lipinski definition) is 7. The number of imidazole rings is 1. The fraction of sp³-hybridized carbons (Fsp3) is 0.553. The number of nitrogen functional groups attached to an aromatic ring is 3. The van der Waals surface area contributed by atoms with Gasteiger partial charge < -0.3 is 95.5 Å². The Labute approximate surface area is 446 Å². The minimum absolute atomic E-state index is 0.0317. The minimum Gasteiger partial charge on any atom is -0.780 e. The van der Waals surface area contributed by atoms with Crippen LogP contribution in [0.5, 0.6) is 0 Å². The van der Waals surface area contributed by atoms with Crippen LogP contribution in [0.2, 0.25) is 0 Å². The lowest BCUT2D eigenvalue weighted by Crippen LogP contribution is -2.33. The van der Waals surface area contributed by atoms with Gasteiger partial charge in [-0.2, -0.15) is 15.0 Å². The first kappa shape index (κ1) is 57.2. The van der Waals surface area contributed by atoms with Crippen LogP contribution >= 0.6 is 20.2 Å². The van der Waals surface area contributed by atoms with Crippen molar-refractivity contribution in [2.24, 2.45) is 0 Å². The van der Waals surface area contributed by atoms with Crippen molar-refractivity contribution in [1.82, 2.24) is 48.2 Å². The lowest BCUT2D eigenvalue weighted by atomic mass is 10.2. The summed E-state index contributed by atoms with van der Waals surface area (Å²) < 4.78 is 76.7. The van der Waals surface area contributed by atoms with E-state index in [0.717, 1.165) is 13.7 Å². The first-order valence-electron chi connectivity index (χ1n) is 22.9. The van der Waals surface area contributed by atoms with E-state index < -0.39 is 149 Å². The molecule has 10 N–H and O–H groups in total. The van der Waals surface area contributed by atoms with Crippen LogP contribution in [-0.4, -0.2) is 134 Å². The van der Waals surface area contributed by atoms with Crippen molar-refractivity contribution in [3.8, 4) is 0 Å². The second-order valence-corrected chi connectivity index (χ2v) is 25.8. The number of nitrogens with one attached hydrogen (secondary N) is 2. The number of ether oxygens (including phenoxy) is 4. The molecule has 0 spiro atoms. The molecule has 15 atom stereocenters. The molecule has 5 aromatic rings. The Balaban J connectivity index is 0.893. The Morgan fingerprint density at radius 2 is 1.21 bits per heavy atom. The quantitative estimate of drug-likeness (QED) is 0.0298. The third kappa shape index (κ3) is 13.2. The summed E-state index contributed by atoms with van der Waals surface area (Å²) in [5, 5.41) is 20.8. The maximum absolute atomic E-state index is 14.2. The maximum Gasteiger partial charge on any atom is 0.351 e. The van der Waals surface area contributed by atoms with Gasteiger partial charge in [0, 0.05) is 49.8 Å². The molecule has 0 aromatic carbocycles. The summed E-state index contributed by atoms with van der Waals surface area (Å²) >= 11 is 15.8. The number of anilines is 3. The number of fused-ring (bicyclic) bond motifs is 1. The van der Waals surface area contributed by atoms with E-state index in [4.69, 9.17) is 99.2 Å². The first-order chi connectivity index (χ1) is 36.3. The van der Waals surface area contributed by atoms with Crippen LogP contribution in [0.4, 0.5) is 17.6 Å². The number of rotatable bonds is 20. The third-order valence-electron chi connectivity index (χ3n) is 12.5. The van der Waals surface area contributed by atoms with Crippen molar-refractivity contribution in [3.05, 3.63) is 94.8 Å². The van der Waals surface area contributed by atoms with E-state index in [1.54, 1.807) is 0 Å². The van der Waals surface area contributed by atoms with Crippen LogP contribution in [0.25, 0.3) is 11.2 Å². The number of aryl methyl sites for hydroxylation is 1. The highest BCUT2D eigenvalue weighted by molar-refractivity contribution is 8.32. The molecule has 0 saturated carbocycles. The standard InChI is InChI=1S/C38H50N13O20P3S3/c1-16-10-50(38(58)47-33(16)54)29-7-18(21(11-52)65-29)69-73(60,76)63-14-24-20(9-30(68-24)51-15-42-31-32(51)45-35(41)46-34(31)55)71-74(61,77)64-13-23-19(8-28(67-23)49-5-3-26(40)44-37(49)57)70-72(59,75)62-12-22-17(53)6-27(66-22)48-4-2-25(39)43-36(48)56/h2-5,10,15,17-24,27-30,52-53H,6-9,11-14H2,1H3,(H,59,75)(H,60,76)(H,61,77)(H2,39,43,56)(H2,40,44,57)(H,47,54,58)(H3,41,45,46,55)/p-3/t17?,18?,19?,20?,21-,22-,23-,24-,27-,28-,29-,30-,72?,73?,74?/m1/s1. The molecule has 0 bridgehead atoms. The third-order valence-corrected chi connectivity index (χ3v) is 17.2. The monoisotopic (exact) mass is 1190 g/mol. The highest BCUT2D eigenvalue weighted by Crippen LogP contribution is 2.53. The predicted octanol–water partition coefficient (Wildman–Crippen LogP) is -3.23. The van der Waals surface area contributed by atoms with Crippen LogP contribution < -0.4 is 55.2 Å². The average molecular weight is 1190 g/mol. The number of nitrogens with two attached hydrogens (primary N) is 3. The Morgan fingerprint density at radius 3 is 1.79 bits per heavy atom. The number of nitrogens with zero attached hydrogens (tertiary/aromatic N) is 8. The van der Waals surface area contributed by atoms with Gasteiger partial charge in [-0.3, -0.25) is 42.4 Å². The second-order valence-electron chi connectivity index (χ2n) is 17.7. The molecular weight excluding hydrogens is 1150 g/mol. The summed E-state index contributed by atoms with van der Waals surface area (Å²) in [5.41, 5.74) is 13.4. The van der Waals surface area contributed by atoms with Crippen LogP contribution in [0.1, 0.15) is 56.2 Å². The molecule has 9 heterocycles. The Hall–Kier alpha value is -4.49. The number of aliphatic hydroxyl groups excluding tert-OH is 2. The highest BCUT2D eigenvalue weighted by Gasteiger charge is 2.44. The molecule has 4 saturated heterocycles. The highest BCUT2D eigenvalue weighted by atomic mass is 32.7. The van der Waals surface area contributed by atoms with Gasteiger partial charge in [-0.15, -0.1) is 0 Å². The summed E-state index contributed by atoms with van der Waals surface area (Å²) in [6.45, 7) is -15.1. The average Bonchev–Trinajstić information content (AvgIpc) is 4.29. The van der Waals surface area contributed by atoms with Gasteiger partial charge in [-0.25, -0.2) is 19.4 Å². The maximum atomic E-state index is 14.2. The van der Waals surface area contributed by atoms with E-state index >= 15 is 0 Å². The van der Waals surface area contributed by atoms with Gasteiger partial charge in [-0.1, -0.05) is 23.6 Å². The molecule has 0 radical (unpaired) electrons. The van der Waals surface area contributed by atoms with Crippen LogP contribution in [-0.2, 0) is 86.5 Å². The lowest BCUT2D eigenvalue weighted by Gasteiger charge is -2.35. The molecule has 4 aliphatic rings. The van der Waals surface area contributed by atoms with Gasteiger partial charge >= 0.3 is 17.1 Å². The smallest absolute Gasteiger partial charge is 0.351 e. The van der Waals surface area contributed by atoms with Crippen molar-refractivity contribution in [1.29, 1.82) is 0 Å². The van der Waals surface area contributed by atoms with Gasteiger partial charge in [0.25, 0.3) is 11.1 Å². The predicted molar refractivity (Wildman–Crippen MR) is 268 cm³/mol. The number of H-pyrrole nitrogens is 2.